The molecule has 0 aromatic heterocycles. The Balaban J connectivity index is 2.74. The third-order valence-corrected chi connectivity index (χ3v) is 2.40. The lowest BCUT2D eigenvalue weighted by Gasteiger charge is -1.99. The molecule has 0 spiro atoms. The molecule has 0 amide bonds. The second kappa shape index (κ2) is 5.70. The molecule has 0 unspecified atom stereocenters. The lowest BCUT2D eigenvalue weighted by atomic mass is 10.1. The van der Waals surface area contributed by atoms with Crippen molar-refractivity contribution in [3.05, 3.63) is 34.3 Å². The Labute approximate surface area is 90.5 Å². The van der Waals surface area contributed by atoms with Crippen molar-refractivity contribution in [3.63, 3.8) is 0 Å². The van der Waals surface area contributed by atoms with Gasteiger partial charge in [0.25, 0.3) is 0 Å². The first-order valence-electron chi connectivity index (χ1n) is 4.64. The first-order valence-corrected chi connectivity index (χ1v) is 5.02. The minimum Gasteiger partial charge on any atom is -0.319 e. The van der Waals surface area contributed by atoms with Crippen LogP contribution >= 0.6 is 11.6 Å². The summed E-state index contributed by atoms with van der Waals surface area (Å²) in [5, 5.41) is 3.83. The van der Waals surface area contributed by atoms with E-state index < -0.39 is 0 Å². The number of hydrogen-bond acceptors (Lipinski definition) is 1. The summed E-state index contributed by atoms with van der Waals surface area (Å²) in [4.78, 5) is 0. The monoisotopic (exact) mass is 207 g/mol. The Morgan fingerprint density at radius 3 is 2.93 bits per heavy atom. The first-order chi connectivity index (χ1) is 6.75. The molecule has 0 saturated carbocycles. The van der Waals surface area contributed by atoms with E-state index in [1.807, 2.05) is 32.2 Å². The lowest BCUT2D eigenvalue weighted by Crippen LogP contribution is -2.05. The van der Waals surface area contributed by atoms with Crippen LogP contribution in [0.4, 0.5) is 0 Å². The maximum absolute atomic E-state index is 5.97. The van der Waals surface area contributed by atoms with Crippen molar-refractivity contribution in [1.29, 1.82) is 0 Å². The molecule has 1 nitrogen and oxygen atoms in total. The summed E-state index contributed by atoms with van der Waals surface area (Å²) in [6.45, 7) is 2.91. The van der Waals surface area contributed by atoms with Crippen LogP contribution in [0.2, 0.25) is 5.02 Å². The molecule has 0 aliphatic rings. The predicted octanol–water partition coefficient (Wildman–Crippen LogP) is 2.61. The molecule has 2 heteroatoms. The van der Waals surface area contributed by atoms with Gasteiger partial charge in [-0.2, -0.15) is 0 Å². The number of halogens is 1. The molecule has 0 fully saturated rings. The molecule has 0 heterocycles. The van der Waals surface area contributed by atoms with Gasteiger partial charge in [0.1, 0.15) is 0 Å². The predicted molar refractivity (Wildman–Crippen MR) is 61.6 cm³/mol. The smallest absolute Gasteiger partial charge is 0.0447 e. The van der Waals surface area contributed by atoms with Gasteiger partial charge in [-0.25, -0.2) is 0 Å². The highest BCUT2D eigenvalue weighted by atomic mass is 35.5. The second-order valence-corrected chi connectivity index (χ2v) is 3.47. The Bertz CT molecular complexity index is 360. The Hall–Kier alpha value is -0.970. The van der Waals surface area contributed by atoms with Gasteiger partial charge < -0.3 is 5.32 Å². The highest BCUT2D eigenvalue weighted by molar-refractivity contribution is 6.31. The standard InChI is InChI=1S/C12H14ClN/c1-10-11(6-3-4-9-14-2)7-5-8-12(10)13/h5,7-8,14H,4,9H2,1-2H3. The fraction of sp³-hybridized carbons (Fsp3) is 0.333. The Morgan fingerprint density at radius 2 is 2.21 bits per heavy atom. The van der Waals surface area contributed by atoms with E-state index in [0.29, 0.717) is 0 Å². The van der Waals surface area contributed by atoms with Crippen molar-refractivity contribution in [3.8, 4) is 11.8 Å². The average molecular weight is 208 g/mol. The van der Waals surface area contributed by atoms with Crippen LogP contribution in [-0.4, -0.2) is 13.6 Å². The van der Waals surface area contributed by atoms with Gasteiger partial charge in [-0.1, -0.05) is 29.5 Å². The SMILES string of the molecule is CNCCC#Cc1cccc(Cl)c1C. The van der Waals surface area contributed by atoms with Crippen LogP contribution in [0, 0.1) is 18.8 Å². The molecule has 14 heavy (non-hydrogen) atoms. The first kappa shape index (κ1) is 11.1. The van der Waals surface area contributed by atoms with E-state index in [4.69, 9.17) is 11.6 Å². The van der Waals surface area contributed by atoms with Gasteiger partial charge in [0.2, 0.25) is 0 Å². The molecular formula is C12H14ClN. The highest BCUT2D eigenvalue weighted by Gasteiger charge is 1.97. The average Bonchev–Trinajstić information content (AvgIpc) is 2.19. The number of nitrogens with one attached hydrogen (secondary N) is 1. The quantitative estimate of drug-likeness (QED) is 0.581. The summed E-state index contributed by atoms with van der Waals surface area (Å²) in [6, 6.07) is 5.81. The minimum absolute atomic E-state index is 0.783. The van der Waals surface area contributed by atoms with Crippen LogP contribution in [0.25, 0.3) is 0 Å². The van der Waals surface area contributed by atoms with E-state index >= 15 is 0 Å². The van der Waals surface area contributed by atoms with E-state index in [0.717, 1.165) is 29.1 Å². The topological polar surface area (TPSA) is 12.0 Å². The van der Waals surface area contributed by atoms with Gasteiger partial charge in [-0.15, -0.1) is 0 Å². The molecule has 0 aliphatic heterocycles. The third-order valence-electron chi connectivity index (χ3n) is 1.99. The number of hydrogen-bond donors (Lipinski definition) is 1. The fourth-order valence-electron chi connectivity index (χ4n) is 1.09. The summed E-state index contributed by atoms with van der Waals surface area (Å²) < 4.78 is 0. The van der Waals surface area contributed by atoms with E-state index in [2.05, 4.69) is 17.2 Å². The minimum atomic E-state index is 0.783. The molecule has 1 N–H and O–H groups in total. The third kappa shape index (κ3) is 3.06. The van der Waals surface area contributed by atoms with E-state index in [-0.39, 0.29) is 0 Å². The van der Waals surface area contributed by atoms with Crippen LogP contribution in [0.3, 0.4) is 0 Å². The summed E-state index contributed by atoms with van der Waals surface area (Å²) in [5.74, 6) is 6.21. The summed E-state index contributed by atoms with van der Waals surface area (Å²) in [6.07, 6.45) is 0.864. The van der Waals surface area contributed by atoms with Crippen LogP contribution in [0.1, 0.15) is 17.5 Å². The van der Waals surface area contributed by atoms with Gasteiger partial charge in [0.15, 0.2) is 0 Å². The second-order valence-electron chi connectivity index (χ2n) is 3.07. The largest absolute Gasteiger partial charge is 0.319 e. The fourth-order valence-corrected chi connectivity index (χ4v) is 1.26. The highest BCUT2D eigenvalue weighted by Crippen LogP contribution is 2.17. The van der Waals surface area contributed by atoms with Crippen molar-refractivity contribution in [2.75, 3.05) is 13.6 Å². The van der Waals surface area contributed by atoms with E-state index in [1.54, 1.807) is 0 Å². The van der Waals surface area contributed by atoms with Gasteiger partial charge in [-0.05, 0) is 31.7 Å². The van der Waals surface area contributed by atoms with Crippen molar-refractivity contribution < 1.29 is 0 Å². The summed E-state index contributed by atoms with van der Waals surface area (Å²) >= 11 is 5.97. The molecular weight excluding hydrogens is 194 g/mol. The van der Waals surface area contributed by atoms with Crippen molar-refractivity contribution in [2.24, 2.45) is 0 Å². The molecule has 0 radical (unpaired) electrons. The van der Waals surface area contributed by atoms with Crippen LogP contribution in [0.5, 0.6) is 0 Å². The molecule has 0 atom stereocenters. The van der Waals surface area contributed by atoms with Gasteiger partial charge in [0.05, 0.1) is 0 Å². The molecule has 1 aromatic rings. The molecule has 0 aliphatic carbocycles. The molecule has 1 aromatic carbocycles. The molecule has 1 rings (SSSR count). The van der Waals surface area contributed by atoms with Crippen LogP contribution < -0.4 is 5.32 Å². The molecule has 0 bridgehead atoms. The van der Waals surface area contributed by atoms with E-state index in [1.165, 1.54) is 0 Å². The maximum atomic E-state index is 5.97. The summed E-state index contributed by atoms with van der Waals surface area (Å²) in [7, 11) is 1.92. The van der Waals surface area contributed by atoms with Crippen molar-refractivity contribution in [2.45, 2.75) is 13.3 Å². The van der Waals surface area contributed by atoms with Crippen molar-refractivity contribution in [1.82, 2.24) is 5.32 Å². The molecule has 0 saturated heterocycles. The Kier molecular flexibility index (Phi) is 4.52. The zero-order chi connectivity index (χ0) is 10.4. The zero-order valence-electron chi connectivity index (χ0n) is 8.52. The van der Waals surface area contributed by atoms with Crippen LogP contribution in [0.15, 0.2) is 18.2 Å². The number of benzene rings is 1. The van der Waals surface area contributed by atoms with Gasteiger partial charge >= 0.3 is 0 Å². The Morgan fingerprint density at radius 1 is 1.43 bits per heavy atom. The lowest BCUT2D eigenvalue weighted by molar-refractivity contribution is 0.818. The number of rotatable bonds is 2. The summed E-state index contributed by atoms with van der Waals surface area (Å²) in [5.41, 5.74) is 2.08. The normalized spacial score (nSPS) is 9.36. The van der Waals surface area contributed by atoms with Crippen LogP contribution in [-0.2, 0) is 0 Å². The van der Waals surface area contributed by atoms with E-state index in [9.17, 15) is 0 Å². The van der Waals surface area contributed by atoms with Gasteiger partial charge in [0, 0.05) is 23.6 Å². The zero-order valence-corrected chi connectivity index (χ0v) is 9.28. The maximum Gasteiger partial charge on any atom is 0.0447 e. The molecule has 74 valence electrons. The van der Waals surface area contributed by atoms with Gasteiger partial charge in [-0.3, -0.25) is 0 Å². The van der Waals surface area contributed by atoms with Crippen molar-refractivity contribution >= 4 is 11.6 Å².